The van der Waals surface area contributed by atoms with Crippen molar-refractivity contribution in [3.05, 3.63) is 77.8 Å². The zero-order chi connectivity index (χ0) is 16.2. The van der Waals surface area contributed by atoms with Crippen LogP contribution in [0.3, 0.4) is 0 Å². The zero-order valence-electron chi connectivity index (χ0n) is 12.6. The van der Waals surface area contributed by atoms with Crippen molar-refractivity contribution in [3.8, 4) is 0 Å². The maximum absolute atomic E-state index is 13.1. The Hall–Kier alpha value is -2.88. The Kier molecular flexibility index (Phi) is 4.24. The topological polar surface area (TPSA) is 42.2 Å². The van der Waals surface area contributed by atoms with Crippen molar-refractivity contribution in [2.24, 2.45) is 0 Å². The van der Waals surface area contributed by atoms with Gasteiger partial charge in [0.2, 0.25) is 5.91 Å². The van der Waals surface area contributed by atoms with Gasteiger partial charge in [-0.2, -0.15) is 0 Å². The van der Waals surface area contributed by atoms with Crippen LogP contribution in [0.15, 0.2) is 65.1 Å². The van der Waals surface area contributed by atoms with Crippen molar-refractivity contribution in [3.63, 3.8) is 0 Å². The minimum Gasteiger partial charge on any atom is -0.459 e. The average molecular weight is 309 g/mol. The summed E-state index contributed by atoms with van der Waals surface area (Å²) in [6, 6.07) is 15.4. The lowest BCUT2D eigenvalue weighted by molar-refractivity contribution is -0.117. The van der Waals surface area contributed by atoms with Crippen LogP contribution in [0.1, 0.15) is 24.3 Å². The average Bonchev–Trinajstić information content (AvgIpc) is 2.97. The number of halogens is 1. The molecule has 1 atom stereocenters. The summed E-state index contributed by atoms with van der Waals surface area (Å²) in [5.41, 5.74) is 1.43. The molecule has 116 valence electrons. The molecule has 3 nitrogen and oxygen atoms in total. The van der Waals surface area contributed by atoms with Crippen LogP contribution in [-0.4, -0.2) is 5.91 Å². The number of carbonyl (C=O) groups excluding carboxylic acids is 1. The van der Waals surface area contributed by atoms with Gasteiger partial charge in [-0.25, -0.2) is 4.39 Å². The van der Waals surface area contributed by atoms with E-state index in [1.807, 2.05) is 37.3 Å². The van der Waals surface area contributed by atoms with Crippen LogP contribution in [0.25, 0.3) is 17.0 Å². The Morgan fingerprint density at radius 1 is 1.17 bits per heavy atom. The number of furan rings is 1. The van der Waals surface area contributed by atoms with Gasteiger partial charge in [0.15, 0.2) is 0 Å². The molecule has 1 N–H and O–H groups in total. The molecule has 1 aromatic heterocycles. The van der Waals surface area contributed by atoms with Crippen molar-refractivity contribution in [2.75, 3.05) is 0 Å². The molecule has 0 aliphatic rings. The van der Waals surface area contributed by atoms with Gasteiger partial charge in [-0.1, -0.05) is 30.3 Å². The van der Waals surface area contributed by atoms with Crippen LogP contribution in [0, 0.1) is 5.82 Å². The van der Waals surface area contributed by atoms with E-state index in [9.17, 15) is 9.18 Å². The van der Waals surface area contributed by atoms with Crippen LogP contribution in [0.2, 0.25) is 0 Å². The zero-order valence-corrected chi connectivity index (χ0v) is 12.6. The van der Waals surface area contributed by atoms with E-state index in [0.717, 1.165) is 11.0 Å². The van der Waals surface area contributed by atoms with Gasteiger partial charge < -0.3 is 9.73 Å². The molecule has 23 heavy (non-hydrogen) atoms. The second kappa shape index (κ2) is 6.48. The normalized spacial score (nSPS) is 12.6. The van der Waals surface area contributed by atoms with Crippen molar-refractivity contribution >= 4 is 23.0 Å². The number of hydrogen-bond acceptors (Lipinski definition) is 2. The highest BCUT2D eigenvalue weighted by Crippen LogP contribution is 2.23. The molecule has 3 aromatic rings. The second-order valence-electron chi connectivity index (χ2n) is 5.31. The van der Waals surface area contributed by atoms with Gasteiger partial charge in [0.25, 0.3) is 0 Å². The third kappa shape index (κ3) is 3.66. The maximum atomic E-state index is 13.1. The molecular weight excluding hydrogens is 293 g/mol. The van der Waals surface area contributed by atoms with Crippen molar-refractivity contribution < 1.29 is 13.6 Å². The van der Waals surface area contributed by atoms with E-state index >= 15 is 0 Å². The molecule has 0 aliphatic carbocycles. The molecular formula is C19H16FNO2. The number of nitrogens with one attached hydrogen (secondary N) is 1. The van der Waals surface area contributed by atoms with Crippen molar-refractivity contribution in [1.29, 1.82) is 0 Å². The first-order valence-electron chi connectivity index (χ1n) is 7.34. The molecule has 4 heteroatoms. The molecule has 0 spiro atoms. The quantitative estimate of drug-likeness (QED) is 0.723. The molecule has 1 heterocycles. The van der Waals surface area contributed by atoms with Gasteiger partial charge >= 0.3 is 0 Å². The van der Waals surface area contributed by atoms with Crippen molar-refractivity contribution in [1.82, 2.24) is 5.32 Å². The molecule has 0 saturated heterocycles. The highest BCUT2D eigenvalue weighted by molar-refractivity contribution is 5.92. The largest absolute Gasteiger partial charge is 0.459 e. The minimum atomic E-state index is -0.330. The Bertz CT molecular complexity index is 833. The highest BCUT2D eigenvalue weighted by atomic mass is 19.1. The molecule has 1 amide bonds. The fourth-order valence-corrected chi connectivity index (χ4v) is 2.33. The summed E-state index contributed by atoms with van der Waals surface area (Å²) in [7, 11) is 0. The summed E-state index contributed by atoms with van der Waals surface area (Å²) < 4.78 is 18.8. The molecule has 2 aromatic carbocycles. The summed E-state index contributed by atoms with van der Waals surface area (Å²) in [6.07, 6.45) is 2.96. The van der Waals surface area contributed by atoms with E-state index in [2.05, 4.69) is 5.32 Å². The van der Waals surface area contributed by atoms with Gasteiger partial charge in [-0.3, -0.25) is 4.79 Å². The Morgan fingerprint density at radius 2 is 2.00 bits per heavy atom. The number of fused-ring (bicyclic) bond motifs is 1. The summed E-state index contributed by atoms with van der Waals surface area (Å²) in [6.45, 7) is 1.85. The second-order valence-corrected chi connectivity index (χ2v) is 5.31. The molecule has 0 bridgehead atoms. The molecule has 0 unspecified atom stereocenters. The van der Waals surface area contributed by atoms with Gasteiger partial charge in [-0.15, -0.1) is 0 Å². The number of amides is 1. The number of carbonyl (C=O) groups is 1. The summed E-state index contributed by atoms with van der Waals surface area (Å²) >= 11 is 0. The molecule has 3 rings (SSSR count). The van der Waals surface area contributed by atoms with E-state index in [-0.39, 0.29) is 17.8 Å². The van der Waals surface area contributed by atoms with E-state index in [1.54, 1.807) is 18.2 Å². The summed E-state index contributed by atoms with van der Waals surface area (Å²) in [5.74, 6) is 0.101. The maximum Gasteiger partial charge on any atom is 0.244 e. The summed E-state index contributed by atoms with van der Waals surface area (Å²) in [5, 5.41) is 3.83. The fraction of sp³-hybridized carbons (Fsp3) is 0.105. The van der Waals surface area contributed by atoms with Crippen LogP contribution in [0.4, 0.5) is 4.39 Å². The van der Waals surface area contributed by atoms with Crippen molar-refractivity contribution in [2.45, 2.75) is 13.0 Å². The SMILES string of the molecule is C[C@@H](NC(=O)/C=C/c1cccc(F)c1)c1cc2ccccc2o1. The Labute approximate surface area is 133 Å². The molecule has 0 radical (unpaired) electrons. The lowest BCUT2D eigenvalue weighted by Gasteiger charge is -2.09. The van der Waals surface area contributed by atoms with Crippen LogP contribution < -0.4 is 5.32 Å². The summed E-state index contributed by atoms with van der Waals surface area (Å²) in [4.78, 5) is 12.0. The first-order valence-corrected chi connectivity index (χ1v) is 7.34. The molecule has 0 saturated carbocycles. The highest BCUT2D eigenvalue weighted by Gasteiger charge is 2.12. The van der Waals surface area contributed by atoms with E-state index < -0.39 is 0 Å². The predicted octanol–water partition coefficient (Wildman–Crippen LogP) is 4.46. The third-order valence-electron chi connectivity index (χ3n) is 3.51. The standard InChI is InChI=1S/C19H16FNO2/c1-13(18-12-15-6-2-3-8-17(15)23-18)21-19(22)10-9-14-5-4-7-16(20)11-14/h2-13H,1H3,(H,21,22)/b10-9+/t13-/m1/s1. The molecule has 0 fully saturated rings. The monoisotopic (exact) mass is 309 g/mol. The molecule has 0 aliphatic heterocycles. The Morgan fingerprint density at radius 3 is 2.78 bits per heavy atom. The number of hydrogen-bond donors (Lipinski definition) is 1. The lowest BCUT2D eigenvalue weighted by atomic mass is 10.2. The van der Waals surface area contributed by atoms with Crippen LogP contribution >= 0.6 is 0 Å². The van der Waals surface area contributed by atoms with Crippen LogP contribution in [0.5, 0.6) is 0 Å². The first-order chi connectivity index (χ1) is 11.1. The minimum absolute atomic E-state index is 0.257. The van der Waals surface area contributed by atoms with Gasteiger partial charge in [0.1, 0.15) is 17.2 Å². The third-order valence-corrected chi connectivity index (χ3v) is 3.51. The van der Waals surface area contributed by atoms with E-state index in [1.165, 1.54) is 18.2 Å². The Balaban J connectivity index is 1.67. The first kappa shape index (κ1) is 15.0. The van der Waals surface area contributed by atoms with Crippen LogP contribution in [-0.2, 0) is 4.79 Å². The smallest absolute Gasteiger partial charge is 0.244 e. The lowest BCUT2D eigenvalue weighted by Crippen LogP contribution is -2.24. The van der Waals surface area contributed by atoms with Gasteiger partial charge in [-0.05, 0) is 42.8 Å². The number of para-hydroxylation sites is 1. The number of benzene rings is 2. The van der Waals surface area contributed by atoms with Gasteiger partial charge in [0.05, 0.1) is 6.04 Å². The predicted molar refractivity (Wildman–Crippen MR) is 88.2 cm³/mol. The van der Waals surface area contributed by atoms with E-state index in [0.29, 0.717) is 11.3 Å². The van der Waals surface area contributed by atoms with Gasteiger partial charge in [0, 0.05) is 11.5 Å². The van der Waals surface area contributed by atoms with E-state index in [4.69, 9.17) is 4.42 Å². The fourth-order valence-electron chi connectivity index (χ4n) is 2.33. The number of rotatable bonds is 4.